The van der Waals surface area contributed by atoms with Crippen molar-refractivity contribution in [2.75, 3.05) is 11.9 Å². The Kier molecular flexibility index (Phi) is 3.64. The predicted molar refractivity (Wildman–Crippen MR) is 86.8 cm³/mol. The summed E-state index contributed by atoms with van der Waals surface area (Å²) in [5.41, 5.74) is 8.39. The van der Waals surface area contributed by atoms with Crippen molar-refractivity contribution in [3.63, 3.8) is 0 Å². The zero-order valence-electron chi connectivity index (χ0n) is 10.9. The van der Waals surface area contributed by atoms with E-state index in [1.54, 1.807) is 0 Å². The van der Waals surface area contributed by atoms with Gasteiger partial charge in [0.15, 0.2) is 0 Å². The lowest BCUT2D eigenvalue weighted by Crippen LogP contribution is -2.23. The van der Waals surface area contributed by atoms with E-state index in [-0.39, 0.29) is 0 Å². The molecule has 0 spiro atoms. The average Bonchev–Trinajstić information content (AvgIpc) is 2.61. The molecule has 0 bridgehead atoms. The molecule has 0 saturated carbocycles. The van der Waals surface area contributed by atoms with Crippen LogP contribution in [0.15, 0.2) is 24.3 Å². The maximum atomic E-state index is 11.6. The van der Waals surface area contributed by atoms with E-state index in [4.69, 9.17) is 5.73 Å². The normalized spacial score (nSPS) is 14.2. The molecule has 104 valence electrons. The molecule has 5 nitrogen and oxygen atoms in total. The van der Waals surface area contributed by atoms with Crippen LogP contribution in [0.4, 0.5) is 10.6 Å². The first-order valence-corrected chi connectivity index (χ1v) is 7.66. The fraction of sp³-hybridized carbons (Fsp3) is 0.286. The van der Waals surface area contributed by atoms with E-state index in [0.717, 1.165) is 52.0 Å². The quantitative estimate of drug-likeness (QED) is 0.745. The number of carbonyl (C=O) groups is 1. The van der Waals surface area contributed by atoms with E-state index in [1.807, 2.05) is 18.2 Å². The highest BCUT2D eigenvalue weighted by Crippen LogP contribution is 2.32. The average molecular weight is 382 g/mol. The van der Waals surface area contributed by atoms with Gasteiger partial charge >= 0.3 is 6.03 Å². The first-order chi connectivity index (χ1) is 9.66. The van der Waals surface area contributed by atoms with Crippen molar-refractivity contribution in [3.05, 3.63) is 33.4 Å². The second kappa shape index (κ2) is 5.43. The summed E-state index contributed by atoms with van der Waals surface area (Å²) in [6.45, 7) is 0.845. The van der Waals surface area contributed by atoms with Crippen LogP contribution in [0.2, 0.25) is 0 Å². The highest BCUT2D eigenvalue weighted by Gasteiger charge is 2.22. The maximum absolute atomic E-state index is 11.6. The zero-order valence-corrected chi connectivity index (χ0v) is 13.1. The molecule has 1 aliphatic heterocycles. The number of carbonyl (C=O) groups excluding carboxylic acids is 1. The van der Waals surface area contributed by atoms with Gasteiger partial charge in [0.2, 0.25) is 0 Å². The Bertz CT molecular complexity index is 665. The van der Waals surface area contributed by atoms with Gasteiger partial charge in [0.25, 0.3) is 0 Å². The van der Waals surface area contributed by atoms with Gasteiger partial charge in [-0.15, -0.1) is 0 Å². The highest BCUT2D eigenvalue weighted by molar-refractivity contribution is 14.1. The van der Waals surface area contributed by atoms with Crippen LogP contribution in [0.25, 0.3) is 11.3 Å². The zero-order chi connectivity index (χ0) is 14.1. The van der Waals surface area contributed by atoms with Crippen molar-refractivity contribution < 1.29 is 4.79 Å². The second-order valence-electron chi connectivity index (χ2n) is 4.82. The Labute approximate surface area is 130 Å². The molecule has 0 atom stereocenters. The number of anilines is 1. The molecule has 1 aromatic heterocycles. The Morgan fingerprint density at radius 3 is 3.00 bits per heavy atom. The molecule has 1 aliphatic rings. The van der Waals surface area contributed by atoms with E-state index in [9.17, 15) is 4.79 Å². The minimum atomic E-state index is -0.549. The second-order valence-corrected chi connectivity index (χ2v) is 6.07. The molecule has 0 unspecified atom stereocenters. The minimum absolute atomic E-state index is 0.549. The minimum Gasteiger partial charge on any atom is -0.370 e. The topological polar surface area (TPSA) is 72.9 Å². The SMILES string of the molecule is NC(=O)n1nc(-c2cccc(I)c2)c2c1NCCCC2. The van der Waals surface area contributed by atoms with E-state index >= 15 is 0 Å². The largest absolute Gasteiger partial charge is 0.370 e. The number of amides is 1. The third kappa shape index (κ3) is 2.39. The molecule has 3 rings (SSSR count). The number of nitrogens with zero attached hydrogens (tertiary/aromatic N) is 2. The fourth-order valence-corrected chi connectivity index (χ4v) is 3.07. The van der Waals surface area contributed by atoms with Crippen molar-refractivity contribution >= 4 is 34.4 Å². The number of primary amides is 1. The van der Waals surface area contributed by atoms with E-state index in [1.165, 1.54) is 4.68 Å². The number of hydrogen-bond donors (Lipinski definition) is 2. The Morgan fingerprint density at radius 1 is 1.40 bits per heavy atom. The van der Waals surface area contributed by atoms with Gasteiger partial charge in [0.05, 0.1) is 5.69 Å². The number of benzene rings is 1. The number of rotatable bonds is 1. The lowest BCUT2D eigenvalue weighted by atomic mass is 10.0. The van der Waals surface area contributed by atoms with Crippen LogP contribution in [0.3, 0.4) is 0 Å². The van der Waals surface area contributed by atoms with Crippen LogP contribution in [0.1, 0.15) is 18.4 Å². The lowest BCUT2D eigenvalue weighted by molar-refractivity contribution is 0.248. The summed E-state index contributed by atoms with van der Waals surface area (Å²) in [7, 11) is 0. The molecule has 20 heavy (non-hydrogen) atoms. The number of halogens is 1. The van der Waals surface area contributed by atoms with Gasteiger partial charge in [-0.3, -0.25) is 0 Å². The van der Waals surface area contributed by atoms with Crippen LogP contribution in [-0.4, -0.2) is 22.4 Å². The van der Waals surface area contributed by atoms with Crippen molar-refractivity contribution in [1.29, 1.82) is 0 Å². The van der Waals surface area contributed by atoms with E-state index in [0.29, 0.717) is 0 Å². The number of nitrogens with two attached hydrogens (primary N) is 1. The molecular formula is C14H15IN4O. The molecule has 0 radical (unpaired) electrons. The molecule has 1 amide bonds. The molecular weight excluding hydrogens is 367 g/mol. The summed E-state index contributed by atoms with van der Waals surface area (Å²) >= 11 is 2.27. The smallest absolute Gasteiger partial charge is 0.341 e. The summed E-state index contributed by atoms with van der Waals surface area (Å²) in [4.78, 5) is 11.6. The Balaban J connectivity index is 2.18. The van der Waals surface area contributed by atoms with Crippen molar-refractivity contribution in [2.24, 2.45) is 5.73 Å². The summed E-state index contributed by atoms with van der Waals surface area (Å²) in [6, 6.07) is 7.57. The maximum Gasteiger partial charge on any atom is 0.341 e. The highest BCUT2D eigenvalue weighted by atomic mass is 127. The molecule has 2 heterocycles. The van der Waals surface area contributed by atoms with Crippen LogP contribution >= 0.6 is 22.6 Å². The van der Waals surface area contributed by atoms with Crippen LogP contribution in [-0.2, 0) is 6.42 Å². The molecule has 1 aromatic carbocycles. The molecule has 0 fully saturated rings. The van der Waals surface area contributed by atoms with E-state index in [2.05, 4.69) is 39.1 Å². The number of aromatic nitrogens is 2. The van der Waals surface area contributed by atoms with Gasteiger partial charge < -0.3 is 11.1 Å². The standard InChI is InChI=1S/C14H15IN4O/c15-10-5-3-4-9(8-10)12-11-6-1-2-7-17-13(11)19(18-12)14(16)20/h3-5,8,17H,1-2,6-7H2,(H2,16,20). The Morgan fingerprint density at radius 2 is 2.25 bits per heavy atom. The first kappa shape index (κ1) is 13.4. The van der Waals surface area contributed by atoms with Crippen molar-refractivity contribution in [2.45, 2.75) is 19.3 Å². The monoisotopic (exact) mass is 382 g/mol. The molecule has 0 saturated heterocycles. The fourth-order valence-electron chi connectivity index (χ4n) is 2.53. The third-order valence-electron chi connectivity index (χ3n) is 3.44. The third-order valence-corrected chi connectivity index (χ3v) is 4.11. The predicted octanol–water partition coefficient (Wildman–Crippen LogP) is 2.83. The van der Waals surface area contributed by atoms with Gasteiger partial charge in [-0.2, -0.15) is 9.78 Å². The number of fused-ring (bicyclic) bond motifs is 1. The summed E-state index contributed by atoms with van der Waals surface area (Å²) in [6.07, 6.45) is 3.08. The summed E-state index contributed by atoms with van der Waals surface area (Å²) in [5, 5.41) is 7.70. The first-order valence-electron chi connectivity index (χ1n) is 6.58. The van der Waals surface area contributed by atoms with Crippen molar-refractivity contribution in [3.8, 4) is 11.3 Å². The number of nitrogens with one attached hydrogen (secondary N) is 1. The van der Waals surface area contributed by atoms with E-state index < -0.39 is 6.03 Å². The van der Waals surface area contributed by atoms with Gasteiger partial charge in [0.1, 0.15) is 5.82 Å². The van der Waals surface area contributed by atoms with Gasteiger partial charge in [-0.25, -0.2) is 4.79 Å². The van der Waals surface area contributed by atoms with Crippen LogP contribution in [0, 0.1) is 3.57 Å². The van der Waals surface area contributed by atoms with Crippen molar-refractivity contribution in [1.82, 2.24) is 9.78 Å². The van der Waals surface area contributed by atoms with Crippen LogP contribution < -0.4 is 11.1 Å². The molecule has 6 heteroatoms. The molecule has 2 aromatic rings. The lowest BCUT2D eigenvalue weighted by Gasteiger charge is -2.04. The summed E-state index contributed by atoms with van der Waals surface area (Å²) in [5.74, 6) is 0.754. The molecule has 0 aliphatic carbocycles. The Hall–Kier alpha value is -1.57. The number of hydrogen-bond acceptors (Lipinski definition) is 3. The molecule has 3 N–H and O–H groups in total. The van der Waals surface area contributed by atoms with Gasteiger partial charge in [-0.1, -0.05) is 12.1 Å². The van der Waals surface area contributed by atoms with Gasteiger partial charge in [-0.05, 0) is 54.0 Å². The van der Waals surface area contributed by atoms with Crippen LogP contribution in [0.5, 0.6) is 0 Å². The van der Waals surface area contributed by atoms with Gasteiger partial charge in [0, 0.05) is 21.2 Å². The summed E-state index contributed by atoms with van der Waals surface area (Å²) < 4.78 is 2.43.